The third-order valence-corrected chi connectivity index (χ3v) is 4.64. The molecule has 0 aliphatic carbocycles. The zero-order valence-corrected chi connectivity index (χ0v) is 13.9. The van der Waals surface area contributed by atoms with Crippen molar-refractivity contribution >= 4 is 55.8 Å². The van der Waals surface area contributed by atoms with Crippen LogP contribution in [-0.4, -0.2) is 27.8 Å². The van der Waals surface area contributed by atoms with E-state index in [1.165, 1.54) is 23.1 Å². The van der Waals surface area contributed by atoms with E-state index in [1.807, 2.05) is 6.07 Å². The number of hydrogen-bond acceptors (Lipinski definition) is 5. The number of halogens is 2. The average Bonchev–Trinajstić information content (AvgIpc) is 3.06. The van der Waals surface area contributed by atoms with Gasteiger partial charge in [0.15, 0.2) is 5.13 Å². The Hall–Kier alpha value is -1.83. The number of amides is 1. The van der Waals surface area contributed by atoms with Crippen LogP contribution < -0.4 is 10.1 Å². The summed E-state index contributed by atoms with van der Waals surface area (Å²) in [5.41, 5.74) is 0.890. The highest BCUT2D eigenvalue weighted by atomic mass is 35.5. The number of hydrogen-bond donors (Lipinski definition) is 1. The topological polar surface area (TPSA) is 69.0 Å². The van der Waals surface area contributed by atoms with Gasteiger partial charge in [-0.3, -0.25) is 14.8 Å². The minimum absolute atomic E-state index is 0.252. The highest BCUT2D eigenvalue weighted by Crippen LogP contribution is 2.35. The summed E-state index contributed by atoms with van der Waals surface area (Å²) in [5, 5.41) is 7.97. The Balaban J connectivity index is 1.92. The molecule has 2 aromatic heterocycles. The number of ether oxygens (including phenoxy) is 1. The smallest absolute Gasteiger partial charge is 0.264 e. The first kappa shape index (κ1) is 15.1. The summed E-state index contributed by atoms with van der Waals surface area (Å²) in [7, 11) is 3.16. The molecule has 0 aliphatic rings. The van der Waals surface area contributed by atoms with E-state index < -0.39 is 0 Å². The molecule has 3 aromatic rings. The lowest BCUT2D eigenvalue weighted by molar-refractivity contribution is 0.102. The van der Waals surface area contributed by atoms with E-state index in [0.717, 1.165) is 4.70 Å². The second-order valence-corrected chi connectivity index (χ2v) is 6.22. The molecule has 0 aliphatic heterocycles. The fourth-order valence-corrected chi connectivity index (χ4v) is 3.21. The molecule has 1 amide bonds. The summed E-state index contributed by atoms with van der Waals surface area (Å²) in [6, 6.07) is 3.50. The molecule has 0 spiro atoms. The number of anilines is 1. The molecule has 6 nitrogen and oxygen atoms in total. The van der Waals surface area contributed by atoms with Crippen molar-refractivity contribution in [2.24, 2.45) is 7.05 Å². The SMILES string of the molecule is COc1nn(C)cc1C(=O)Nc1nc2c(Cl)c(Cl)ccc2s1. The van der Waals surface area contributed by atoms with Gasteiger partial charge >= 0.3 is 0 Å². The van der Waals surface area contributed by atoms with Crippen molar-refractivity contribution in [3.8, 4) is 5.88 Å². The summed E-state index contributed by atoms with van der Waals surface area (Å²) in [6.45, 7) is 0. The summed E-state index contributed by atoms with van der Waals surface area (Å²) in [5.74, 6) is -0.103. The largest absolute Gasteiger partial charge is 0.479 e. The number of carbonyl (C=O) groups is 1. The van der Waals surface area contributed by atoms with Gasteiger partial charge in [0.25, 0.3) is 5.91 Å². The van der Waals surface area contributed by atoms with E-state index in [0.29, 0.717) is 26.3 Å². The number of thiazole rings is 1. The Morgan fingerprint density at radius 1 is 1.41 bits per heavy atom. The molecule has 0 bridgehead atoms. The van der Waals surface area contributed by atoms with Crippen molar-refractivity contribution in [2.45, 2.75) is 0 Å². The maximum Gasteiger partial charge on any atom is 0.264 e. The molecule has 1 aromatic carbocycles. The molecule has 0 atom stereocenters. The second-order valence-electron chi connectivity index (χ2n) is 4.41. The molecule has 0 radical (unpaired) electrons. The highest BCUT2D eigenvalue weighted by Gasteiger charge is 2.18. The number of methoxy groups -OCH3 is 1. The van der Waals surface area contributed by atoms with Crippen molar-refractivity contribution in [1.82, 2.24) is 14.8 Å². The molecule has 0 saturated heterocycles. The van der Waals surface area contributed by atoms with Crippen molar-refractivity contribution in [3.05, 3.63) is 33.9 Å². The summed E-state index contributed by atoms with van der Waals surface area (Å²) in [4.78, 5) is 16.6. The van der Waals surface area contributed by atoms with Crippen LogP contribution in [0.25, 0.3) is 10.2 Å². The Kier molecular flexibility index (Phi) is 3.94. The molecular weight excluding hydrogens is 347 g/mol. The van der Waals surface area contributed by atoms with Crippen LogP contribution in [0.15, 0.2) is 18.3 Å². The minimum Gasteiger partial charge on any atom is -0.479 e. The van der Waals surface area contributed by atoms with Gasteiger partial charge in [-0.25, -0.2) is 4.98 Å². The zero-order chi connectivity index (χ0) is 15.9. The Morgan fingerprint density at radius 2 is 2.18 bits per heavy atom. The first-order chi connectivity index (χ1) is 10.5. The van der Waals surface area contributed by atoms with Gasteiger partial charge in [-0.1, -0.05) is 34.5 Å². The van der Waals surface area contributed by atoms with E-state index >= 15 is 0 Å². The van der Waals surface area contributed by atoms with Gasteiger partial charge in [-0.2, -0.15) is 0 Å². The number of nitrogens with one attached hydrogen (secondary N) is 1. The minimum atomic E-state index is -0.355. The van der Waals surface area contributed by atoms with E-state index in [1.54, 1.807) is 19.3 Å². The zero-order valence-electron chi connectivity index (χ0n) is 11.6. The lowest BCUT2D eigenvalue weighted by Crippen LogP contribution is -2.12. The van der Waals surface area contributed by atoms with Crippen LogP contribution in [0, 0.1) is 0 Å². The lowest BCUT2D eigenvalue weighted by atomic mass is 10.3. The molecule has 9 heteroatoms. The fraction of sp³-hybridized carbons (Fsp3) is 0.154. The quantitative estimate of drug-likeness (QED) is 0.778. The van der Waals surface area contributed by atoms with Gasteiger partial charge in [-0.15, -0.1) is 5.10 Å². The molecule has 22 heavy (non-hydrogen) atoms. The van der Waals surface area contributed by atoms with Crippen LogP contribution in [0.1, 0.15) is 10.4 Å². The maximum absolute atomic E-state index is 12.3. The standard InChI is InChI=1S/C13H10Cl2N4O2S/c1-19-5-6(12(18-19)21-2)11(20)17-13-16-10-8(22-13)4-3-7(14)9(10)15/h3-5H,1-2H3,(H,16,17,20). The lowest BCUT2D eigenvalue weighted by Gasteiger charge is -2.00. The summed E-state index contributed by atoms with van der Waals surface area (Å²) >= 11 is 13.4. The number of aryl methyl sites for hydroxylation is 1. The molecule has 0 saturated carbocycles. The first-order valence-electron chi connectivity index (χ1n) is 6.13. The average molecular weight is 357 g/mol. The Labute approximate surface area is 139 Å². The van der Waals surface area contributed by atoms with Crippen molar-refractivity contribution in [1.29, 1.82) is 0 Å². The van der Waals surface area contributed by atoms with Gasteiger partial charge < -0.3 is 4.74 Å². The molecule has 114 valence electrons. The van der Waals surface area contributed by atoms with Crippen LogP contribution in [0.3, 0.4) is 0 Å². The van der Waals surface area contributed by atoms with Crippen molar-refractivity contribution in [3.63, 3.8) is 0 Å². The van der Waals surface area contributed by atoms with Crippen LogP contribution in [-0.2, 0) is 7.05 Å². The summed E-state index contributed by atoms with van der Waals surface area (Å²) in [6.07, 6.45) is 1.57. The van der Waals surface area contributed by atoms with Gasteiger partial charge in [-0.05, 0) is 12.1 Å². The number of rotatable bonds is 3. The Bertz CT molecular complexity index is 874. The normalized spacial score (nSPS) is 10.9. The number of carbonyl (C=O) groups excluding carboxylic acids is 1. The molecule has 3 rings (SSSR count). The van der Waals surface area contributed by atoms with Gasteiger partial charge in [0.1, 0.15) is 11.1 Å². The van der Waals surface area contributed by atoms with Gasteiger partial charge in [0, 0.05) is 13.2 Å². The Morgan fingerprint density at radius 3 is 2.91 bits per heavy atom. The summed E-state index contributed by atoms with van der Waals surface area (Å²) < 4.78 is 7.41. The predicted octanol–water partition coefficient (Wildman–Crippen LogP) is 3.60. The third-order valence-electron chi connectivity index (χ3n) is 2.91. The predicted molar refractivity (Wildman–Crippen MR) is 87.4 cm³/mol. The van der Waals surface area contributed by atoms with Crippen LogP contribution in [0.4, 0.5) is 5.13 Å². The van der Waals surface area contributed by atoms with Gasteiger partial charge in [0.05, 0.1) is 21.9 Å². The monoisotopic (exact) mass is 356 g/mol. The van der Waals surface area contributed by atoms with Gasteiger partial charge in [0.2, 0.25) is 5.88 Å². The van der Waals surface area contributed by atoms with E-state index in [2.05, 4.69) is 15.4 Å². The van der Waals surface area contributed by atoms with Crippen molar-refractivity contribution in [2.75, 3.05) is 12.4 Å². The number of nitrogens with zero attached hydrogens (tertiary/aromatic N) is 3. The molecule has 0 fully saturated rings. The van der Waals surface area contributed by atoms with Crippen LogP contribution in [0.5, 0.6) is 5.88 Å². The van der Waals surface area contributed by atoms with Crippen LogP contribution in [0.2, 0.25) is 10.0 Å². The molecule has 1 N–H and O–H groups in total. The second kappa shape index (κ2) is 5.75. The third kappa shape index (κ3) is 2.63. The fourth-order valence-electron chi connectivity index (χ4n) is 1.93. The number of fused-ring (bicyclic) bond motifs is 1. The van der Waals surface area contributed by atoms with Crippen molar-refractivity contribution < 1.29 is 9.53 Å². The van der Waals surface area contributed by atoms with E-state index in [-0.39, 0.29) is 11.8 Å². The highest BCUT2D eigenvalue weighted by molar-refractivity contribution is 7.22. The van der Waals surface area contributed by atoms with Crippen LogP contribution >= 0.6 is 34.5 Å². The van der Waals surface area contributed by atoms with E-state index in [4.69, 9.17) is 27.9 Å². The molecular formula is C13H10Cl2N4O2S. The molecule has 2 heterocycles. The number of benzene rings is 1. The molecule has 0 unspecified atom stereocenters. The maximum atomic E-state index is 12.3. The van der Waals surface area contributed by atoms with E-state index in [9.17, 15) is 4.79 Å². The first-order valence-corrected chi connectivity index (χ1v) is 7.70. The number of aromatic nitrogens is 3.